The summed E-state index contributed by atoms with van der Waals surface area (Å²) in [5, 5.41) is 6.05. The van der Waals surface area contributed by atoms with E-state index in [-0.39, 0.29) is 5.69 Å². The Bertz CT molecular complexity index is 1000. The summed E-state index contributed by atoms with van der Waals surface area (Å²) in [5.41, 5.74) is 0.382. The molecule has 0 radical (unpaired) electrons. The molecule has 28 heavy (non-hydrogen) atoms. The maximum absolute atomic E-state index is 12.8. The zero-order valence-corrected chi connectivity index (χ0v) is 15.7. The third-order valence-electron chi connectivity index (χ3n) is 3.80. The van der Waals surface area contributed by atoms with E-state index in [0.29, 0.717) is 27.1 Å². The first-order chi connectivity index (χ1) is 13.3. The van der Waals surface area contributed by atoms with Crippen molar-refractivity contribution in [2.45, 2.75) is 13.1 Å². The van der Waals surface area contributed by atoms with Crippen molar-refractivity contribution in [3.63, 3.8) is 0 Å². The van der Waals surface area contributed by atoms with Crippen molar-refractivity contribution in [2.75, 3.05) is 17.7 Å². The van der Waals surface area contributed by atoms with E-state index in [0.717, 1.165) is 23.5 Å². The van der Waals surface area contributed by atoms with Gasteiger partial charge in [0.2, 0.25) is 0 Å². The number of alkyl halides is 3. The van der Waals surface area contributed by atoms with Gasteiger partial charge in [-0.25, -0.2) is 4.98 Å². The van der Waals surface area contributed by atoms with Crippen molar-refractivity contribution in [3.8, 4) is 5.75 Å². The van der Waals surface area contributed by atoms with Gasteiger partial charge in [0, 0.05) is 5.69 Å². The Balaban J connectivity index is 1.78. The smallest absolute Gasteiger partial charge is 0.416 e. The van der Waals surface area contributed by atoms with Gasteiger partial charge < -0.3 is 15.4 Å². The number of carbonyl (C=O) groups is 1. The second-order valence-electron chi connectivity index (χ2n) is 5.79. The number of para-hydroxylation sites is 2. The molecule has 3 rings (SSSR count). The fourth-order valence-electron chi connectivity index (χ4n) is 2.48. The number of nitrogens with zero attached hydrogens (tertiary/aromatic N) is 1. The molecule has 0 saturated heterocycles. The number of methoxy groups -OCH3 is 1. The first-order valence-corrected chi connectivity index (χ1v) is 8.95. The highest BCUT2D eigenvalue weighted by molar-refractivity contribution is 7.17. The lowest BCUT2D eigenvalue weighted by Gasteiger charge is -2.09. The van der Waals surface area contributed by atoms with Gasteiger partial charge in [0.1, 0.15) is 10.6 Å². The van der Waals surface area contributed by atoms with Crippen LogP contribution in [0.4, 0.5) is 29.7 Å². The molecule has 0 saturated carbocycles. The molecule has 0 unspecified atom stereocenters. The number of thiazole rings is 1. The minimum atomic E-state index is -4.48. The van der Waals surface area contributed by atoms with Crippen LogP contribution in [0.25, 0.3) is 0 Å². The monoisotopic (exact) mass is 407 g/mol. The Labute approximate surface area is 163 Å². The fraction of sp³-hybridized carbons (Fsp3) is 0.158. The number of hydrogen-bond acceptors (Lipinski definition) is 5. The summed E-state index contributed by atoms with van der Waals surface area (Å²) < 4.78 is 43.7. The molecule has 0 aliphatic rings. The number of aromatic nitrogens is 1. The Hall–Kier alpha value is -3.07. The highest BCUT2D eigenvalue weighted by Crippen LogP contribution is 2.32. The quantitative estimate of drug-likeness (QED) is 0.588. The maximum atomic E-state index is 12.8. The molecule has 2 aromatic carbocycles. The van der Waals surface area contributed by atoms with Crippen LogP contribution < -0.4 is 15.4 Å². The first kappa shape index (κ1) is 19.7. The van der Waals surface area contributed by atoms with Gasteiger partial charge in [-0.05, 0) is 37.3 Å². The van der Waals surface area contributed by atoms with Crippen LogP contribution in [0.3, 0.4) is 0 Å². The molecular weight excluding hydrogens is 391 g/mol. The number of amides is 1. The van der Waals surface area contributed by atoms with Crippen molar-refractivity contribution in [1.82, 2.24) is 4.98 Å². The molecule has 0 aliphatic heterocycles. The Morgan fingerprint density at radius 1 is 1.14 bits per heavy atom. The summed E-state index contributed by atoms with van der Waals surface area (Å²) in [6.07, 6.45) is -4.48. The van der Waals surface area contributed by atoms with E-state index in [2.05, 4.69) is 15.6 Å². The normalized spacial score (nSPS) is 11.2. The van der Waals surface area contributed by atoms with Gasteiger partial charge in [-0.2, -0.15) is 13.2 Å². The van der Waals surface area contributed by atoms with Crippen molar-refractivity contribution in [1.29, 1.82) is 0 Å². The highest BCUT2D eigenvalue weighted by Gasteiger charge is 2.30. The average molecular weight is 407 g/mol. The van der Waals surface area contributed by atoms with Crippen LogP contribution in [0, 0.1) is 6.92 Å². The minimum Gasteiger partial charge on any atom is -0.495 e. The predicted molar refractivity (Wildman–Crippen MR) is 103 cm³/mol. The molecule has 1 aromatic heterocycles. The lowest BCUT2D eigenvalue weighted by Crippen LogP contribution is -2.13. The molecule has 0 aliphatic carbocycles. The third kappa shape index (κ3) is 4.42. The Morgan fingerprint density at radius 2 is 1.89 bits per heavy atom. The minimum absolute atomic E-state index is 0.0619. The summed E-state index contributed by atoms with van der Waals surface area (Å²) in [6.45, 7) is 1.66. The Morgan fingerprint density at radius 3 is 2.61 bits per heavy atom. The van der Waals surface area contributed by atoms with E-state index in [9.17, 15) is 18.0 Å². The molecule has 3 aromatic rings. The van der Waals surface area contributed by atoms with E-state index < -0.39 is 17.6 Å². The molecule has 146 valence electrons. The second-order valence-corrected chi connectivity index (χ2v) is 6.79. The number of benzene rings is 2. The maximum Gasteiger partial charge on any atom is 0.416 e. The van der Waals surface area contributed by atoms with E-state index in [4.69, 9.17) is 4.74 Å². The van der Waals surface area contributed by atoms with Gasteiger partial charge in [-0.1, -0.05) is 29.5 Å². The van der Waals surface area contributed by atoms with Crippen LogP contribution in [0.15, 0.2) is 48.5 Å². The highest BCUT2D eigenvalue weighted by atomic mass is 32.1. The molecule has 0 atom stereocenters. The molecular formula is C19H16F3N3O2S. The van der Waals surface area contributed by atoms with Gasteiger partial charge in [0.05, 0.1) is 24.1 Å². The molecule has 9 heteroatoms. The molecule has 5 nitrogen and oxygen atoms in total. The second kappa shape index (κ2) is 7.89. The number of rotatable bonds is 5. The van der Waals surface area contributed by atoms with E-state index in [1.54, 1.807) is 26.2 Å². The SMILES string of the molecule is COc1ccccc1Nc1nc(C)c(C(=O)Nc2cccc(C(F)(F)F)c2)s1. The number of ether oxygens (including phenoxy) is 1. The molecule has 2 N–H and O–H groups in total. The summed E-state index contributed by atoms with van der Waals surface area (Å²) in [4.78, 5) is 17.1. The summed E-state index contributed by atoms with van der Waals surface area (Å²) in [5.74, 6) is 0.0905. The molecule has 1 amide bonds. The standard InChI is InChI=1S/C19H16F3N3O2S/c1-11-16(17(26)24-13-7-5-6-12(10-13)19(20,21)22)28-18(23-11)25-14-8-3-4-9-15(14)27-2/h3-10H,1-2H3,(H,23,25)(H,24,26). The van der Waals surface area contributed by atoms with E-state index in [1.165, 1.54) is 12.1 Å². The lowest BCUT2D eigenvalue weighted by atomic mass is 10.2. The number of hydrogen-bond donors (Lipinski definition) is 2. The molecule has 0 bridgehead atoms. The van der Waals surface area contributed by atoms with Crippen LogP contribution >= 0.6 is 11.3 Å². The van der Waals surface area contributed by atoms with Crippen LogP contribution in [0.5, 0.6) is 5.75 Å². The van der Waals surface area contributed by atoms with Gasteiger partial charge >= 0.3 is 6.18 Å². The van der Waals surface area contributed by atoms with Crippen LogP contribution in [-0.4, -0.2) is 18.0 Å². The fourth-order valence-corrected chi connectivity index (χ4v) is 3.36. The Kier molecular flexibility index (Phi) is 5.55. The number of anilines is 3. The first-order valence-electron chi connectivity index (χ1n) is 8.14. The largest absolute Gasteiger partial charge is 0.495 e. The zero-order chi connectivity index (χ0) is 20.3. The molecule has 0 fully saturated rings. The van der Waals surface area contributed by atoms with Crippen molar-refractivity contribution >= 4 is 33.8 Å². The lowest BCUT2D eigenvalue weighted by molar-refractivity contribution is -0.137. The zero-order valence-electron chi connectivity index (χ0n) is 14.9. The summed E-state index contributed by atoms with van der Waals surface area (Å²) in [6, 6.07) is 11.7. The third-order valence-corrected chi connectivity index (χ3v) is 4.87. The van der Waals surface area contributed by atoms with Gasteiger partial charge in [-0.3, -0.25) is 4.79 Å². The predicted octanol–water partition coefficient (Wildman–Crippen LogP) is 5.47. The molecule has 0 spiro atoms. The van der Waals surface area contributed by atoms with Crippen molar-refractivity contribution < 1.29 is 22.7 Å². The number of aryl methyl sites for hydroxylation is 1. The molecule has 1 heterocycles. The van der Waals surface area contributed by atoms with Gasteiger partial charge in [0.15, 0.2) is 5.13 Å². The topological polar surface area (TPSA) is 63.2 Å². The van der Waals surface area contributed by atoms with Crippen LogP contribution in [-0.2, 0) is 6.18 Å². The number of halogens is 3. The summed E-state index contributed by atoms with van der Waals surface area (Å²) >= 11 is 1.10. The van der Waals surface area contributed by atoms with Crippen LogP contribution in [0.1, 0.15) is 20.9 Å². The number of nitrogens with one attached hydrogen (secondary N) is 2. The average Bonchev–Trinajstić information content (AvgIpc) is 3.02. The van der Waals surface area contributed by atoms with Crippen LogP contribution in [0.2, 0.25) is 0 Å². The van der Waals surface area contributed by atoms with Crippen molar-refractivity contribution in [3.05, 3.63) is 64.7 Å². The van der Waals surface area contributed by atoms with Gasteiger partial charge in [0.25, 0.3) is 5.91 Å². The summed E-state index contributed by atoms with van der Waals surface area (Å²) in [7, 11) is 1.54. The van der Waals surface area contributed by atoms with Crippen molar-refractivity contribution in [2.24, 2.45) is 0 Å². The van der Waals surface area contributed by atoms with E-state index >= 15 is 0 Å². The van der Waals surface area contributed by atoms with E-state index in [1.807, 2.05) is 12.1 Å². The van der Waals surface area contributed by atoms with Gasteiger partial charge in [-0.15, -0.1) is 0 Å². The number of carbonyl (C=O) groups excluding carboxylic acids is 1.